The summed E-state index contributed by atoms with van der Waals surface area (Å²) in [6.45, 7) is 5.61. The average Bonchev–Trinajstić information content (AvgIpc) is 3.43. The summed E-state index contributed by atoms with van der Waals surface area (Å²) >= 11 is 13.2. The Morgan fingerprint density at radius 2 is 1.86 bits per heavy atom. The Hall–Kier alpha value is -3.08. The van der Waals surface area contributed by atoms with Crippen molar-refractivity contribution in [1.82, 2.24) is 10.1 Å². The summed E-state index contributed by atoms with van der Waals surface area (Å²) in [5.41, 5.74) is 1.14. The second-order valence-electron chi connectivity index (χ2n) is 8.39. The topological polar surface area (TPSA) is 85.5 Å². The third-order valence-corrected chi connectivity index (χ3v) is 7.15. The van der Waals surface area contributed by atoms with E-state index in [1.807, 2.05) is 13.8 Å². The molecule has 6 nitrogen and oxygen atoms in total. The second kappa shape index (κ2) is 10.4. The minimum Gasteiger partial charge on any atom is -0.489 e. The van der Waals surface area contributed by atoms with Gasteiger partial charge in [0.05, 0.1) is 15.6 Å². The van der Waals surface area contributed by atoms with Crippen LogP contribution in [0.25, 0.3) is 21.8 Å². The highest BCUT2D eigenvalue weighted by Gasteiger charge is 2.40. The minimum absolute atomic E-state index is 0.0126. The number of hydrogen-bond donors (Lipinski definition) is 1. The third kappa shape index (κ3) is 5.46. The highest BCUT2D eigenvalue weighted by atomic mass is 35.5. The molecular weight excluding hydrogens is 552 g/mol. The summed E-state index contributed by atoms with van der Waals surface area (Å²) in [5.74, 6) is -0.665. The maximum absolute atomic E-state index is 13.3. The van der Waals surface area contributed by atoms with Crippen molar-refractivity contribution in [3.05, 3.63) is 73.9 Å². The highest BCUT2D eigenvalue weighted by Crippen LogP contribution is 2.41. The van der Waals surface area contributed by atoms with Gasteiger partial charge in [0.25, 0.3) is 0 Å². The molecule has 194 valence electrons. The van der Waals surface area contributed by atoms with E-state index in [-0.39, 0.29) is 17.5 Å². The molecule has 0 spiro atoms. The molecule has 0 fully saturated rings. The number of aromatic carboxylic acids is 1. The lowest BCUT2D eigenvalue weighted by Gasteiger charge is -2.12. The Morgan fingerprint density at radius 3 is 2.41 bits per heavy atom. The molecule has 0 saturated heterocycles. The van der Waals surface area contributed by atoms with E-state index in [4.69, 9.17) is 32.5 Å². The van der Waals surface area contributed by atoms with Gasteiger partial charge in [-0.2, -0.15) is 13.2 Å². The predicted molar refractivity (Wildman–Crippen MR) is 135 cm³/mol. The molecule has 0 bridgehead atoms. The number of ether oxygens (including phenoxy) is 1. The van der Waals surface area contributed by atoms with Gasteiger partial charge in [-0.15, -0.1) is 11.3 Å². The molecule has 4 rings (SSSR count). The number of carboxylic acid groups (broad SMARTS) is 1. The van der Waals surface area contributed by atoms with Crippen LogP contribution >= 0.6 is 34.5 Å². The van der Waals surface area contributed by atoms with Crippen molar-refractivity contribution >= 4 is 40.5 Å². The highest BCUT2D eigenvalue weighted by molar-refractivity contribution is 7.17. The van der Waals surface area contributed by atoms with Crippen molar-refractivity contribution in [3.8, 4) is 27.6 Å². The van der Waals surface area contributed by atoms with E-state index < -0.39 is 22.7 Å². The Bertz CT molecular complexity index is 1460. The van der Waals surface area contributed by atoms with Crippen molar-refractivity contribution in [2.45, 2.75) is 39.5 Å². The van der Waals surface area contributed by atoms with Crippen LogP contribution in [0, 0.1) is 6.92 Å². The Morgan fingerprint density at radius 1 is 1.19 bits per heavy atom. The van der Waals surface area contributed by atoms with Crippen LogP contribution in [0.5, 0.6) is 5.75 Å². The van der Waals surface area contributed by atoms with Crippen molar-refractivity contribution in [1.29, 1.82) is 0 Å². The zero-order valence-electron chi connectivity index (χ0n) is 19.6. The van der Waals surface area contributed by atoms with Crippen molar-refractivity contribution in [2.24, 2.45) is 0 Å². The van der Waals surface area contributed by atoms with Crippen LogP contribution < -0.4 is 4.74 Å². The lowest BCUT2D eigenvalue weighted by molar-refractivity contribution is -0.141. The van der Waals surface area contributed by atoms with Crippen LogP contribution in [0.2, 0.25) is 10.0 Å². The number of alkyl halides is 3. The lowest BCUT2D eigenvalue weighted by atomic mass is 10.0. The molecule has 2 aromatic carbocycles. The number of aromatic nitrogens is 2. The van der Waals surface area contributed by atoms with Gasteiger partial charge < -0.3 is 14.4 Å². The fraction of sp³-hybridized carbons (Fsp3) is 0.240. The molecule has 12 heteroatoms. The minimum atomic E-state index is -4.88. The molecule has 37 heavy (non-hydrogen) atoms. The van der Waals surface area contributed by atoms with E-state index in [1.54, 1.807) is 37.3 Å². The van der Waals surface area contributed by atoms with E-state index in [0.29, 0.717) is 60.8 Å². The zero-order chi connectivity index (χ0) is 27.1. The van der Waals surface area contributed by atoms with Crippen LogP contribution in [0.1, 0.15) is 52.0 Å². The van der Waals surface area contributed by atoms with Gasteiger partial charge in [0.2, 0.25) is 0 Å². The molecule has 0 aliphatic carbocycles. The van der Waals surface area contributed by atoms with Gasteiger partial charge in [-0.05, 0) is 42.8 Å². The van der Waals surface area contributed by atoms with Crippen molar-refractivity contribution < 1.29 is 32.3 Å². The van der Waals surface area contributed by atoms with E-state index in [1.165, 1.54) is 6.07 Å². The standard InChI is InChI=1S/C25H19Cl2F3N2O4S/c1-11(2)20-15(19(32-36-20)18-16(26)5-4-6-17(18)27)10-35-13-7-8-14(12(3)9-13)23-31-22(25(28,29)30)21(37-23)24(33)34/h4-9,11H,10H2,1-3H3,(H,33,34). The summed E-state index contributed by atoms with van der Waals surface area (Å²) in [6.07, 6.45) is -4.88. The summed E-state index contributed by atoms with van der Waals surface area (Å²) in [6, 6.07) is 9.85. The second-order valence-corrected chi connectivity index (χ2v) is 10.2. The van der Waals surface area contributed by atoms with Crippen molar-refractivity contribution in [3.63, 3.8) is 0 Å². The molecule has 0 unspecified atom stereocenters. The number of carbonyl (C=O) groups is 1. The normalized spacial score (nSPS) is 11.8. The van der Waals surface area contributed by atoms with E-state index >= 15 is 0 Å². The van der Waals surface area contributed by atoms with E-state index in [0.717, 1.165) is 0 Å². The lowest BCUT2D eigenvalue weighted by Crippen LogP contribution is -2.11. The SMILES string of the molecule is Cc1cc(OCc2c(-c3c(Cl)cccc3Cl)noc2C(C)C)ccc1-c1nc(C(F)(F)F)c(C(=O)O)s1. The fourth-order valence-electron chi connectivity index (χ4n) is 3.73. The molecule has 0 aliphatic rings. The Balaban J connectivity index is 1.65. The first kappa shape index (κ1) is 27.0. The molecule has 0 amide bonds. The van der Waals surface area contributed by atoms with E-state index in [2.05, 4.69) is 10.1 Å². The van der Waals surface area contributed by atoms with Gasteiger partial charge in [-0.25, -0.2) is 9.78 Å². The van der Waals surface area contributed by atoms with Crippen LogP contribution in [-0.4, -0.2) is 21.2 Å². The maximum atomic E-state index is 13.3. The fourth-order valence-corrected chi connectivity index (χ4v) is 5.32. The first-order valence-corrected chi connectivity index (χ1v) is 12.4. The monoisotopic (exact) mass is 570 g/mol. The van der Waals surface area contributed by atoms with Crippen LogP contribution in [0.4, 0.5) is 13.2 Å². The number of carboxylic acids is 1. The van der Waals surface area contributed by atoms with Gasteiger partial charge in [-0.3, -0.25) is 0 Å². The molecule has 0 atom stereocenters. The first-order valence-electron chi connectivity index (χ1n) is 10.9. The van der Waals surface area contributed by atoms with Gasteiger partial charge in [0.15, 0.2) is 5.69 Å². The smallest absolute Gasteiger partial charge is 0.435 e. The summed E-state index contributed by atoms with van der Waals surface area (Å²) in [4.78, 5) is 14.0. The summed E-state index contributed by atoms with van der Waals surface area (Å²) in [7, 11) is 0. The van der Waals surface area contributed by atoms with Crippen LogP contribution in [-0.2, 0) is 12.8 Å². The number of nitrogens with zero attached hydrogens (tertiary/aromatic N) is 2. The van der Waals surface area contributed by atoms with Crippen LogP contribution in [0.15, 0.2) is 40.9 Å². The Labute approximate surface area is 223 Å². The molecule has 2 heterocycles. The van der Waals surface area contributed by atoms with Gasteiger partial charge >= 0.3 is 12.1 Å². The van der Waals surface area contributed by atoms with Crippen molar-refractivity contribution in [2.75, 3.05) is 0 Å². The molecule has 4 aromatic rings. The number of hydrogen-bond acceptors (Lipinski definition) is 6. The largest absolute Gasteiger partial charge is 0.489 e. The number of halogens is 5. The molecule has 2 aromatic heterocycles. The molecule has 0 saturated carbocycles. The molecule has 0 aliphatic heterocycles. The summed E-state index contributed by atoms with van der Waals surface area (Å²) < 4.78 is 51.4. The third-order valence-electron chi connectivity index (χ3n) is 5.44. The quantitative estimate of drug-likeness (QED) is 0.239. The van der Waals surface area contributed by atoms with Gasteiger partial charge in [0.1, 0.15) is 33.7 Å². The van der Waals surface area contributed by atoms with Gasteiger partial charge in [0, 0.05) is 17.0 Å². The number of rotatable bonds is 7. The molecule has 0 radical (unpaired) electrons. The number of aryl methyl sites for hydroxylation is 1. The summed E-state index contributed by atoms with van der Waals surface area (Å²) in [5, 5.41) is 14.1. The zero-order valence-corrected chi connectivity index (χ0v) is 21.9. The first-order chi connectivity index (χ1) is 17.4. The number of benzene rings is 2. The predicted octanol–water partition coefficient (Wildman–Crippen LogP) is 8.50. The van der Waals surface area contributed by atoms with Gasteiger partial charge in [-0.1, -0.05) is 48.3 Å². The molecule has 1 N–H and O–H groups in total. The van der Waals surface area contributed by atoms with Crippen LogP contribution in [0.3, 0.4) is 0 Å². The Kier molecular flexibility index (Phi) is 7.55. The number of thiazole rings is 1. The average molecular weight is 571 g/mol. The molecular formula is C25H19Cl2F3N2O4S. The van der Waals surface area contributed by atoms with E-state index in [9.17, 15) is 23.1 Å². The maximum Gasteiger partial charge on any atom is 0.435 e.